The van der Waals surface area contributed by atoms with Crippen molar-refractivity contribution in [2.45, 2.75) is 40.0 Å². The summed E-state index contributed by atoms with van der Waals surface area (Å²) in [5.74, 6) is 1.14. The first-order valence-corrected chi connectivity index (χ1v) is 10.8. The molecule has 3 heterocycles. The number of hydrogen-bond donors (Lipinski definition) is 0. The second-order valence-corrected chi connectivity index (χ2v) is 8.71. The summed E-state index contributed by atoms with van der Waals surface area (Å²) >= 11 is 0. The average molecular weight is 422 g/mol. The Morgan fingerprint density at radius 1 is 0.875 bits per heavy atom. The minimum Gasteiger partial charge on any atom is -0.302 e. The van der Waals surface area contributed by atoms with E-state index in [9.17, 15) is 0 Å². The van der Waals surface area contributed by atoms with Crippen LogP contribution in [0.4, 0.5) is 0 Å². The molecule has 5 heteroatoms. The lowest BCUT2D eigenvalue weighted by molar-refractivity contribution is 0.395. The highest BCUT2D eigenvalue weighted by atomic mass is 15.2. The fraction of sp³-hybridized carbons (Fsp3) is 0.259. The first kappa shape index (κ1) is 21.5. The molecule has 0 amide bonds. The van der Waals surface area contributed by atoms with Crippen LogP contribution in [0.15, 0.2) is 66.9 Å². The van der Waals surface area contributed by atoms with Crippen LogP contribution >= 0.6 is 0 Å². The number of nitriles is 1. The molecule has 0 saturated heterocycles. The standard InChI is InChI=1S/C27H27N5/c1-18(2)27(5,25-14-8-21(16-28)17-29-25)23-11-9-22(10-12-23)24-13-15-26(31-30-24)32-19(3)6-7-20(32)4/h6-15,17-18H,1-5H3. The van der Waals surface area contributed by atoms with Crippen LogP contribution in [0.25, 0.3) is 17.1 Å². The molecule has 0 aliphatic carbocycles. The third kappa shape index (κ3) is 3.69. The number of hydrogen-bond acceptors (Lipinski definition) is 4. The Labute approximate surface area is 189 Å². The second kappa shape index (κ2) is 8.39. The highest BCUT2D eigenvalue weighted by Crippen LogP contribution is 2.38. The van der Waals surface area contributed by atoms with Gasteiger partial charge in [0.1, 0.15) is 6.07 Å². The molecule has 0 radical (unpaired) electrons. The van der Waals surface area contributed by atoms with E-state index in [1.165, 1.54) is 5.56 Å². The lowest BCUT2D eigenvalue weighted by Crippen LogP contribution is -2.31. The Hall–Kier alpha value is -3.78. The largest absolute Gasteiger partial charge is 0.302 e. The summed E-state index contributed by atoms with van der Waals surface area (Å²) in [5, 5.41) is 18.0. The third-order valence-corrected chi connectivity index (χ3v) is 6.51. The maximum absolute atomic E-state index is 9.09. The van der Waals surface area contributed by atoms with E-state index >= 15 is 0 Å². The summed E-state index contributed by atoms with van der Waals surface area (Å²) in [6, 6.07) is 22.6. The van der Waals surface area contributed by atoms with E-state index in [1.807, 2.05) is 24.3 Å². The Bertz CT molecular complexity index is 1240. The molecule has 0 N–H and O–H groups in total. The number of aryl methyl sites for hydroxylation is 2. The normalized spacial score (nSPS) is 13.0. The predicted molar refractivity (Wildman–Crippen MR) is 127 cm³/mol. The molecule has 3 aromatic heterocycles. The van der Waals surface area contributed by atoms with E-state index in [4.69, 9.17) is 5.26 Å². The fourth-order valence-electron chi connectivity index (χ4n) is 4.16. The zero-order chi connectivity index (χ0) is 22.9. The van der Waals surface area contributed by atoms with E-state index in [2.05, 4.69) is 96.8 Å². The molecule has 0 saturated carbocycles. The van der Waals surface area contributed by atoms with Gasteiger partial charge in [0.05, 0.1) is 17.0 Å². The molecular formula is C27H27N5. The topological polar surface area (TPSA) is 67.4 Å². The maximum Gasteiger partial charge on any atom is 0.159 e. The molecule has 1 aromatic carbocycles. The SMILES string of the molecule is Cc1ccc(C)n1-c1ccc(-c2ccc(C(C)(c3ccc(C#N)cn3)C(C)C)cc2)nn1. The van der Waals surface area contributed by atoms with Crippen LogP contribution in [-0.4, -0.2) is 19.7 Å². The van der Waals surface area contributed by atoms with Crippen molar-refractivity contribution in [3.63, 3.8) is 0 Å². The van der Waals surface area contributed by atoms with E-state index in [1.54, 1.807) is 6.20 Å². The number of benzene rings is 1. The second-order valence-electron chi connectivity index (χ2n) is 8.71. The Kier molecular flexibility index (Phi) is 5.63. The van der Waals surface area contributed by atoms with Gasteiger partial charge < -0.3 is 4.57 Å². The molecule has 0 fully saturated rings. The van der Waals surface area contributed by atoms with Gasteiger partial charge in [-0.15, -0.1) is 10.2 Å². The first-order chi connectivity index (χ1) is 15.3. The molecule has 160 valence electrons. The third-order valence-electron chi connectivity index (χ3n) is 6.51. The number of pyridine rings is 1. The molecule has 0 aliphatic rings. The van der Waals surface area contributed by atoms with E-state index in [0.29, 0.717) is 11.5 Å². The van der Waals surface area contributed by atoms with Crippen molar-refractivity contribution in [2.75, 3.05) is 0 Å². The van der Waals surface area contributed by atoms with Crippen LogP contribution in [0.3, 0.4) is 0 Å². The van der Waals surface area contributed by atoms with Crippen LogP contribution in [0.2, 0.25) is 0 Å². The van der Waals surface area contributed by atoms with Crippen LogP contribution in [-0.2, 0) is 5.41 Å². The highest BCUT2D eigenvalue weighted by Gasteiger charge is 2.34. The molecule has 4 aromatic rings. The molecule has 0 spiro atoms. The quantitative estimate of drug-likeness (QED) is 0.410. The number of nitrogens with zero attached hydrogens (tertiary/aromatic N) is 5. The van der Waals surface area contributed by atoms with Crippen molar-refractivity contribution in [1.82, 2.24) is 19.7 Å². The lowest BCUT2D eigenvalue weighted by atomic mass is 9.70. The lowest BCUT2D eigenvalue weighted by Gasteiger charge is -2.34. The number of aromatic nitrogens is 4. The van der Waals surface area contributed by atoms with Crippen molar-refractivity contribution < 1.29 is 0 Å². The van der Waals surface area contributed by atoms with Gasteiger partial charge in [0.15, 0.2) is 5.82 Å². The molecule has 0 bridgehead atoms. The molecule has 5 nitrogen and oxygen atoms in total. The molecule has 0 aliphatic heterocycles. The molecule has 4 rings (SSSR count). The van der Waals surface area contributed by atoms with E-state index < -0.39 is 0 Å². The van der Waals surface area contributed by atoms with Crippen molar-refractivity contribution in [2.24, 2.45) is 5.92 Å². The van der Waals surface area contributed by atoms with E-state index in [0.717, 1.165) is 34.2 Å². The monoisotopic (exact) mass is 421 g/mol. The van der Waals surface area contributed by atoms with Gasteiger partial charge in [-0.05, 0) is 68.7 Å². The smallest absolute Gasteiger partial charge is 0.159 e. The summed E-state index contributed by atoms with van der Waals surface area (Å²) in [7, 11) is 0. The van der Waals surface area contributed by atoms with Crippen molar-refractivity contribution in [3.05, 3.63) is 95.1 Å². The Morgan fingerprint density at radius 2 is 1.56 bits per heavy atom. The van der Waals surface area contributed by atoms with Gasteiger partial charge in [0.2, 0.25) is 0 Å². The van der Waals surface area contributed by atoms with Crippen LogP contribution in [0, 0.1) is 31.1 Å². The Balaban J connectivity index is 1.65. The summed E-state index contributed by atoms with van der Waals surface area (Å²) in [5.41, 5.74) is 6.57. The van der Waals surface area contributed by atoms with Gasteiger partial charge in [0.25, 0.3) is 0 Å². The zero-order valence-electron chi connectivity index (χ0n) is 19.2. The maximum atomic E-state index is 9.09. The Morgan fingerprint density at radius 3 is 2.06 bits per heavy atom. The fourth-order valence-corrected chi connectivity index (χ4v) is 4.16. The minimum atomic E-state index is -0.272. The number of rotatable bonds is 5. The van der Waals surface area contributed by atoms with Gasteiger partial charge in [-0.2, -0.15) is 5.26 Å². The van der Waals surface area contributed by atoms with Gasteiger partial charge >= 0.3 is 0 Å². The van der Waals surface area contributed by atoms with Gasteiger partial charge in [-0.1, -0.05) is 38.1 Å². The van der Waals surface area contributed by atoms with Crippen molar-refractivity contribution in [1.29, 1.82) is 5.26 Å². The highest BCUT2D eigenvalue weighted by molar-refractivity contribution is 5.60. The summed E-state index contributed by atoms with van der Waals surface area (Å²) in [6.45, 7) is 10.7. The van der Waals surface area contributed by atoms with Crippen molar-refractivity contribution in [3.8, 4) is 23.1 Å². The molecule has 1 unspecified atom stereocenters. The van der Waals surface area contributed by atoms with Crippen LogP contribution in [0.5, 0.6) is 0 Å². The predicted octanol–water partition coefficient (Wildman–Crippen LogP) is 5.78. The summed E-state index contributed by atoms with van der Waals surface area (Å²) in [4.78, 5) is 4.60. The van der Waals surface area contributed by atoms with Gasteiger partial charge in [-0.3, -0.25) is 4.98 Å². The van der Waals surface area contributed by atoms with Crippen LogP contribution in [0.1, 0.15) is 49.0 Å². The van der Waals surface area contributed by atoms with Crippen LogP contribution < -0.4 is 0 Å². The summed E-state index contributed by atoms with van der Waals surface area (Å²) < 4.78 is 2.10. The first-order valence-electron chi connectivity index (χ1n) is 10.8. The molecular weight excluding hydrogens is 394 g/mol. The zero-order valence-corrected chi connectivity index (χ0v) is 19.2. The minimum absolute atomic E-state index is 0.272. The summed E-state index contributed by atoms with van der Waals surface area (Å²) in [6.07, 6.45) is 1.65. The van der Waals surface area contributed by atoms with Gasteiger partial charge in [0, 0.05) is 28.6 Å². The van der Waals surface area contributed by atoms with E-state index in [-0.39, 0.29) is 5.41 Å². The molecule has 1 atom stereocenters. The van der Waals surface area contributed by atoms with Crippen molar-refractivity contribution >= 4 is 0 Å². The van der Waals surface area contributed by atoms with Gasteiger partial charge in [-0.25, -0.2) is 0 Å². The average Bonchev–Trinajstić information content (AvgIpc) is 3.16. The molecule has 32 heavy (non-hydrogen) atoms.